The topological polar surface area (TPSA) is 68.0 Å². The van der Waals surface area contributed by atoms with Crippen molar-refractivity contribution in [2.75, 3.05) is 0 Å². The van der Waals surface area contributed by atoms with Gasteiger partial charge in [0.25, 0.3) is 5.91 Å². The summed E-state index contributed by atoms with van der Waals surface area (Å²) >= 11 is 0. The van der Waals surface area contributed by atoms with Crippen molar-refractivity contribution in [1.82, 2.24) is 15.6 Å². The van der Waals surface area contributed by atoms with Crippen LogP contribution in [0.4, 0.5) is 0 Å². The smallest absolute Gasteiger partial charge is 0.275 e. The molecule has 0 saturated heterocycles. The van der Waals surface area contributed by atoms with E-state index >= 15 is 0 Å². The van der Waals surface area contributed by atoms with Gasteiger partial charge in [-0.2, -0.15) is 0 Å². The Morgan fingerprint density at radius 3 is 3.00 bits per heavy atom. The van der Waals surface area contributed by atoms with Gasteiger partial charge in [-0.25, -0.2) is 4.63 Å². The Morgan fingerprint density at radius 2 is 2.33 bits per heavy atom. The minimum absolute atomic E-state index is 0.185. The lowest BCUT2D eigenvalue weighted by Crippen LogP contribution is -2.41. The summed E-state index contributed by atoms with van der Waals surface area (Å²) in [6, 6.07) is 0.267. The van der Waals surface area contributed by atoms with Gasteiger partial charge in [-0.1, -0.05) is 24.9 Å². The van der Waals surface area contributed by atoms with E-state index < -0.39 is 0 Å². The van der Waals surface area contributed by atoms with Crippen LogP contribution in [0.3, 0.4) is 0 Å². The molecule has 1 heterocycles. The van der Waals surface area contributed by atoms with Gasteiger partial charge in [-0.3, -0.25) is 4.79 Å². The Kier molecular flexibility index (Phi) is 2.99. The highest BCUT2D eigenvalue weighted by atomic mass is 16.6. The predicted octanol–water partition coefficient (Wildman–Crippen LogP) is 1.38. The zero-order valence-electron chi connectivity index (χ0n) is 8.77. The molecule has 0 radical (unpaired) electrons. The second kappa shape index (κ2) is 4.42. The Labute approximate surface area is 88.2 Å². The largest absolute Gasteiger partial charge is 0.348 e. The average Bonchev–Trinajstić information content (AvgIpc) is 2.74. The molecule has 2 unspecified atom stereocenters. The molecule has 1 aliphatic carbocycles. The molecule has 1 aromatic rings. The van der Waals surface area contributed by atoms with Crippen molar-refractivity contribution >= 4 is 5.91 Å². The number of carbonyl (C=O) groups excluding carboxylic acids is 1. The van der Waals surface area contributed by atoms with Crippen molar-refractivity contribution in [2.45, 2.75) is 38.6 Å². The second-order valence-corrected chi connectivity index (χ2v) is 4.13. The van der Waals surface area contributed by atoms with E-state index in [0.29, 0.717) is 5.92 Å². The van der Waals surface area contributed by atoms with Crippen LogP contribution < -0.4 is 5.32 Å². The lowest BCUT2D eigenvalue weighted by Gasteiger charge is -2.29. The molecule has 1 saturated carbocycles. The molecule has 1 amide bonds. The van der Waals surface area contributed by atoms with Crippen LogP contribution in [0.15, 0.2) is 10.8 Å². The number of rotatable bonds is 2. The Balaban J connectivity index is 1.93. The molecular formula is C10H15N3O2. The summed E-state index contributed by atoms with van der Waals surface area (Å²) in [4.78, 5) is 11.6. The normalized spacial score (nSPS) is 26.2. The van der Waals surface area contributed by atoms with Crippen LogP contribution >= 0.6 is 0 Å². The summed E-state index contributed by atoms with van der Waals surface area (Å²) in [6.45, 7) is 2.17. The maximum atomic E-state index is 11.6. The number of nitrogens with zero attached hydrogens (tertiary/aromatic N) is 2. The van der Waals surface area contributed by atoms with E-state index in [-0.39, 0.29) is 17.6 Å². The molecule has 1 N–H and O–H groups in total. The van der Waals surface area contributed by atoms with Gasteiger partial charge < -0.3 is 5.32 Å². The summed E-state index contributed by atoms with van der Waals surface area (Å²) < 4.78 is 4.39. The van der Waals surface area contributed by atoms with E-state index in [1.165, 1.54) is 25.5 Å². The SMILES string of the molecule is CC1CCCCC1NC(=O)c1cnon1. The van der Waals surface area contributed by atoms with Gasteiger partial charge in [0.05, 0.1) is 0 Å². The van der Waals surface area contributed by atoms with E-state index in [0.717, 1.165) is 6.42 Å². The third-order valence-electron chi connectivity index (χ3n) is 3.02. The highest BCUT2D eigenvalue weighted by Crippen LogP contribution is 2.23. The molecule has 2 rings (SSSR count). The fourth-order valence-corrected chi connectivity index (χ4v) is 2.04. The van der Waals surface area contributed by atoms with E-state index in [4.69, 9.17) is 0 Å². The van der Waals surface area contributed by atoms with Crippen LogP contribution in [0.5, 0.6) is 0 Å². The van der Waals surface area contributed by atoms with Gasteiger partial charge in [0.1, 0.15) is 6.20 Å². The number of amides is 1. The molecule has 15 heavy (non-hydrogen) atoms. The van der Waals surface area contributed by atoms with E-state index in [1.54, 1.807) is 0 Å². The van der Waals surface area contributed by atoms with Crippen LogP contribution in [0.25, 0.3) is 0 Å². The molecule has 5 nitrogen and oxygen atoms in total. The van der Waals surface area contributed by atoms with E-state index in [9.17, 15) is 4.79 Å². The van der Waals surface area contributed by atoms with Crippen molar-refractivity contribution in [3.8, 4) is 0 Å². The quantitative estimate of drug-likeness (QED) is 0.798. The Hall–Kier alpha value is -1.39. The van der Waals surface area contributed by atoms with Crippen molar-refractivity contribution in [3.05, 3.63) is 11.9 Å². The van der Waals surface area contributed by atoms with Crippen LogP contribution in [-0.2, 0) is 0 Å². The Bertz CT molecular complexity index is 323. The standard InChI is InChI=1S/C10H15N3O2/c1-7-4-2-3-5-8(7)12-10(14)9-6-11-15-13-9/h6-8H,2-5H2,1H3,(H,12,14). The first-order valence-corrected chi connectivity index (χ1v) is 5.36. The number of nitrogens with one attached hydrogen (secondary N) is 1. The summed E-state index contributed by atoms with van der Waals surface area (Å²) in [7, 11) is 0. The molecule has 1 aromatic heterocycles. The van der Waals surface area contributed by atoms with Gasteiger partial charge in [0.2, 0.25) is 0 Å². The molecule has 82 valence electrons. The molecule has 5 heteroatoms. The van der Waals surface area contributed by atoms with Crippen molar-refractivity contribution in [1.29, 1.82) is 0 Å². The predicted molar refractivity (Wildman–Crippen MR) is 53.2 cm³/mol. The minimum atomic E-state index is -0.185. The van der Waals surface area contributed by atoms with Gasteiger partial charge in [0, 0.05) is 6.04 Å². The molecular weight excluding hydrogens is 194 g/mol. The van der Waals surface area contributed by atoms with E-state index in [2.05, 4.69) is 27.2 Å². The van der Waals surface area contributed by atoms with Crippen LogP contribution in [0.1, 0.15) is 43.1 Å². The highest BCUT2D eigenvalue weighted by Gasteiger charge is 2.24. The molecule has 2 atom stereocenters. The van der Waals surface area contributed by atoms with Crippen LogP contribution in [0.2, 0.25) is 0 Å². The lowest BCUT2D eigenvalue weighted by molar-refractivity contribution is 0.0900. The lowest BCUT2D eigenvalue weighted by atomic mass is 9.86. The Morgan fingerprint density at radius 1 is 1.53 bits per heavy atom. The molecule has 1 fully saturated rings. The van der Waals surface area contributed by atoms with Crippen LogP contribution in [-0.4, -0.2) is 22.3 Å². The summed E-state index contributed by atoms with van der Waals surface area (Å²) in [5.74, 6) is 0.359. The summed E-state index contributed by atoms with van der Waals surface area (Å²) in [6.07, 6.45) is 6.02. The molecule has 1 aliphatic rings. The molecule has 0 aliphatic heterocycles. The zero-order chi connectivity index (χ0) is 10.7. The fourth-order valence-electron chi connectivity index (χ4n) is 2.04. The highest BCUT2D eigenvalue weighted by molar-refractivity contribution is 5.91. The van der Waals surface area contributed by atoms with Gasteiger partial charge in [0.15, 0.2) is 5.69 Å². The van der Waals surface area contributed by atoms with Crippen LogP contribution in [0, 0.1) is 5.92 Å². The summed E-state index contributed by atoms with van der Waals surface area (Å²) in [5, 5.41) is 9.89. The average molecular weight is 209 g/mol. The monoisotopic (exact) mass is 209 g/mol. The minimum Gasteiger partial charge on any atom is -0.348 e. The number of carbonyl (C=O) groups is 1. The molecule has 0 bridgehead atoms. The van der Waals surface area contributed by atoms with Gasteiger partial charge in [-0.15, -0.1) is 0 Å². The first-order valence-electron chi connectivity index (χ1n) is 5.36. The third kappa shape index (κ3) is 2.34. The van der Waals surface area contributed by atoms with Crippen molar-refractivity contribution < 1.29 is 9.42 Å². The first kappa shape index (κ1) is 10.1. The number of aromatic nitrogens is 2. The number of hydrogen-bond acceptors (Lipinski definition) is 4. The number of hydrogen-bond donors (Lipinski definition) is 1. The summed E-state index contributed by atoms with van der Waals surface area (Å²) in [5.41, 5.74) is 0.257. The maximum Gasteiger partial charge on any atom is 0.275 e. The van der Waals surface area contributed by atoms with E-state index in [1.807, 2.05) is 0 Å². The molecule has 0 aromatic carbocycles. The fraction of sp³-hybridized carbons (Fsp3) is 0.700. The zero-order valence-corrected chi connectivity index (χ0v) is 8.77. The van der Waals surface area contributed by atoms with Crippen molar-refractivity contribution in [2.24, 2.45) is 5.92 Å². The maximum absolute atomic E-state index is 11.6. The third-order valence-corrected chi connectivity index (χ3v) is 3.02. The van der Waals surface area contributed by atoms with Gasteiger partial charge in [-0.05, 0) is 23.9 Å². The van der Waals surface area contributed by atoms with Gasteiger partial charge >= 0.3 is 0 Å². The first-order chi connectivity index (χ1) is 7.27. The molecule has 0 spiro atoms. The van der Waals surface area contributed by atoms with Crippen molar-refractivity contribution in [3.63, 3.8) is 0 Å². The second-order valence-electron chi connectivity index (χ2n) is 4.13.